The molecule has 21 heavy (non-hydrogen) atoms. The van der Waals surface area contributed by atoms with Gasteiger partial charge in [0.1, 0.15) is 11.5 Å². The van der Waals surface area contributed by atoms with E-state index in [1.807, 2.05) is 32.2 Å². The van der Waals surface area contributed by atoms with Gasteiger partial charge < -0.3 is 20.1 Å². The minimum absolute atomic E-state index is 0.0903. The number of ether oxygens (including phenoxy) is 2. The van der Waals surface area contributed by atoms with Crippen molar-refractivity contribution in [3.63, 3.8) is 0 Å². The van der Waals surface area contributed by atoms with E-state index in [2.05, 4.69) is 10.6 Å². The molecule has 0 radical (unpaired) electrons. The van der Waals surface area contributed by atoms with Crippen LogP contribution in [0.4, 0.5) is 0 Å². The van der Waals surface area contributed by atoms with Gasteiger partial charge in [-0.15, -0.1) is 0 Å². The largest absolute Gasteiger partial charge is 0.497 e. The number of hydrogen-bond donors (Lipinski definition) is 2. The number of methoxy groups -OCH3 is 1. The van der Waals surface area contributed by atoms with Crippen LogP contribution in [0.2, 0.25) is 0 Å². The number of hydrogen-bond acceptors (Lipinski definition) is 5. The maximum atomic E-state index is 11.6. The summed E-state index contributed by atoms with van der Waals surface area (Å²) in [7, 11) is 3.43. The second kappa shape index (κ2) is 8.82. The van der Waals surface area contributed by atoms with Crippen LogP contribution in [0.3, 0.4) is 0 Å². The minimum Gasteiger partial charge on any atom is -0.497 e. The summed E-state index contributed by atoms with van der Waals surface area (Å²) in [6.45, 7) is 2.24. The normalized spacial score (nSPS) is 11.3. The lowest BCUT2D eigenvalue weighted by molar-refractivity contribution is -0.123. The van der Waals surface area contributed by atoms with Crippen molar-refractivity contribution >= 4 is 5.91 Å². The highest BCUT2D eigenvalue weighted by molar-refractivity contribution is 5.77. The highest BCUT2D eigenvalue weighted by Crippen LogP contribution is 2.29. The van der Waals surface area contributed by atoms with Gasteiger partial charge in [-0.1, -0.05) is 6.07 Å². The predicted molar refractivity (Wildman–Crippen MR) is 79.2 cm³/mol. The Morgan fingerprint density at radius 1 is 1.48 bits per heavy atom. The number of carbonyl (C=O) groups excluding carboxylic acids is 1. The fourth-order valence-electron chi connectivity index (χ4n) is 1.73. The first-order valence-corrected chi connectivity index (χ1v) is 6.74. The van der Waals surface area contributed by atoms with Crippen LogP contribution < -0.4 is 20.1 Å². The maximum Gasteiger partial charge on any atom is 0.257 e. The molecule has 0 aliphatic carbocycles. The molecule has 0 spiro atoms. The lowest BCUT2D eigenvalue weighted by atomic mass is 10.1. The topological polar surface area (TPSA) is 83.4 Å². The summed E-state index contributed by atoms with van der Waals surface area (Å²) in [5.41, 5.74) is 0.947. The van der Waals surface area contributed by atoms with Crippen LogP contribution in [-0.4, -0.2) is 33.2 Å². The Balaban J connectivity index is 2.71. The van der Waals surface area contributed by atoms with Gasteiger partial charge in [-0.05, 0) is 20.0 Å². The Labute approximate surface area is 125 Å². The second-order valence-electron chi connectivity index (χ2n) is 4.46. The zero-order valence-corrected chi connectivity index (χ0v) is 12.6. The second-order valence-corrected chi connectivity index (χ2v) is 4.46. The molecule has 1 aromatic rings. The van der Waals surface area contributed by atoms with Gasteiger partial charge in [-0.25, -0.2) is 0 Å². The molecule has 0 saturated carbocycles. The molecule has 2 N–H and O–H groups in total. The Morgan fingerprint density at radius 2 is 2.24 bits per heavy atom. The van der Waals surface area contributed by atoms with Crippen LogP contribution in [0.1, 0.15) is 24.9 Å². The lowest BCUT2D eigenvalue weighted by Crippen LogP contribution is -2.29. The fraction of sp³-hybridized carbons (Fsp3) is 0.467. The summed E-state index contributed by atoms with van der Waals surface area (Å²) in [6.07, 6.45) is 0.285. The molecule has 0 fully saturated rings. The van der Waals surface area contributed by atoms with E-state index in [1.54, 1.807) is 13.2 Å². The molecule has 1 rings (SSSR count). The molecule has 0 heterocycles. The minimum atomic E-state index is -0.254. The van der Waals surface area contributed by atoms with Crippen molar-refractivity contribution in [2.45, 2.75) is 19.4 Å². The molecule has 114 valence electrons. The van der Waals surface area contributed by atoms with Gasteiger partial charge in [0.05, 0.1) is 19.6 Å². The van der Waals surface area contributed by atoms with Crippen LogP contribution in [0.5, 0.6) is 11.5 Å². The Bertz CT molecular complexity index is 511. The van der Waals surface area contributed by atoms with Crippen molar-refractivity contribution in [3.8, 4) is 17.6 Å². The summed E-state index contributed by atoms with van der Waals surface area (Å²) in [6, 6.07) is 7.57. The van der Waals surface area contributed by atoms with E-state index >= 15 is 0 Å². The average molecular weight is 291 g/mol. The Morgan fingerprint density at radius 3 is 2.86 bits per heavy atom. The first-order chi connectivity index (χ1) is 10.1. The summed E-state index contributed by atoms with van der Waals surface area (Å²) in [5.74, 6) is 1.02. The number of nitrogens with one attached hydrogen (secondary N) is 2. The average Bonchev–Trinajstić information content (AvgIpc) is 2.52. The molecule has 1 amide bonds. The molecular formula is C15H21N3O3. The van der Waals surface area contributed by atoms with E-state index < -0.39 is 0 Å². The summed E-state index contributed by atoms with van der Waals surface area (Å²) in [4.78, 5) is 11.6. The lowest BCUT2D eigenvalue weighted by Gasteiger charge is -2.17. The van der Waals surface area contributed by atoms with E-state index in [4.69, 9.17) is 14.7 Å². The van der Waals surface area contributed by atoms with Crippen LogP contribution in [0, 0.1) is 11.3 Å². The van der Waals surface area contributed by atoms with Gasteiger partial charge in [-0.2, -0.15) is 5.26 Å². The summed E-state index contributed by atoms with van der Waals surface area (Å²) >= 11 is 0. The zero-order valence-electron chi connectivity index (χ0n) is 12.6. The van der Waals surface area contributed by atoms with Gasteiger partial charge >= 0.3 is 0 Å². The van der Waals surface area contributed by atoms with Gasteiger partial charge in [0.2, 0.25) is 0 Å². The standard InChI is InChI=1S/C15H21N3O3/c1-11(17-2)13-6-5-12(20-3)9-14(13)21-10-15(19)18-8-4-7-16/h5-6,9,11,17H,4,8,10H2,1-3H3,(H,18,19). The summed E-state index contributed by atoms with van der Waals surface area (Å²) < 4.78 is 10.8. The number of amides is 1. The molecule has 1 unspecified atom stereocenters. The first kappa shape index (κ1) is 16.8. The molecule has 0 aliphatic rings. The van der Waals surface area contributed by atoms with E-state index in [9.17, 15) is 4.79 Å². The predicted octanol–water partition coefficient (Wildman–Crippen LogP) is 1.38. The molecular weight excluding hydrogens is 270 g/mol. The maximum absolute atomic E-state index is 11.6. The van der Waals surface area contributed by atoms with Crippen LogP contribution in [0.15, 0.2) is 18.2 Å². The number of nitriles is 1. The summed E-state index contributed by atoms with van der Waals surface area (Å²) in [5, 5.41) is 14.2. The Kier molecular flexibility index (Phi) is 7.05. The Hall–Kier alpha value is -2.26. The third-order valence-electron chi connectivity index (χ3n) is 3.04. The number of rotatable bonds is 8. The van der Waals surface area contributed by atoms with Gasteiger partial charge in [0.25, 0.3) is 5.91 Å². The highest BCUT2D eigenvalue weighted by Gasteiger charge is 2.12. The fourth-order valence-corrected chi connectivity index (χ4v) is 1.73. The number of carbonyl (C=O) groups is 1. The molecule has 0 bridgehead atoms. The first-order valence-electron chi connectivity index (χ1n) is 6.74. The van der Waals surface area contributed by atoms with Crippen molar-refractivity contribution in [1.29, 1.82) is 5.26 Å². The third-order valence-corrected chi connectivity index (χ3v) is 3.04. The molecule has 6 nitrogen and oxygen atoms in total. The zero-order chi connectivity index (χ0) is 15.7. The highest BCUT2D eigenvalue weighted by atomic mass is 16.5. The molecule has 6 heteroatoms. The number of benzene rings is 1. The molecule has 1 atom stereocenters. The van der Waals surface area contributed by atoms with E-state index in [-0.39, 0.29) is 25.0 Å². The van der Waals surface area contributed by atoms with Gasteiger partial charge in [-0.3, -0.25) is 4.79 Å². The van der Waals surface area contributed by atoms with Crippen LogP contribution >= 0.6 is 0 Å². The smallest absolute Gasteiger partial charge is 0.257 e. The number of nitrogens with zero attached hydrogens (tertiary/aromatic N) is 1. The SMILES string of the molecule is CNC(C)c1ccc(OC)cc1OCC(=O)NCCC#N. The van der Waals surface area contributed by atoms with E-state index in [0.717, 1.165) is 5.56 Å². The van der Waals surface area contributed by atoms with Gasteiger partial charge in [0, 0.05) is 24.2 Å². The van der Waals surface area contributed by atoms with Crippen LogP contribution in [0.25, 0.3) is 0 Å². The van der Waals surface area contributed by atoms with Crippen molar-refractivity contribution in [3.05, 3.63) is 23.8 Å². The van der Waals surface area contributed by atoms with E-state index in [1.165, 1.54) is 0 Å². The van der Waals surface area contributed by atoms with Crippen molar-refractivity contribution in [2.24, 2.45) is 0 Å². The van der Waals surface area contributed by atoms with Crippen LogP contribution in [-0.2, 0) is 4.79 Å². The third kappa shape index (κ3) is 5.32. The van der Waals surface area contributed by atoms with Crippen molar-refractivity contribution in [2.75, 3.05) is 27.3 Å². The van der Waals surface area contributed by atoms with Crippen molar-refractivity contribution in [1.82, 2.24) is 10.6 Å². The molecule has 0 aromatic heterocycles. The monoisotopic (exact) mass is 291 g/mol. The van der Waals surface area contributed by atoms with Crippen molar-refractivity contribution < 1.29 is 14.3 Å². The molecule has 0 saturated heterocycles. The molecule has 0 aliphatic heterocycles. The quantitative estimate of drug-likeness (QED) is 0.707. The van der Waals surface area contributed by atoms with E-state index in [0.29, 0.717) is 18.0 Å². The molecule has 1 aromatic carbocycles. The van der Waals surface area contributed by atoms with Gasteiger partial charge in [0.15, 0.2) is 6.61 Å².